The van der Waals surface area contributed by atoms with Gasteiger partial charge in [-0.3, -0.25) is 5.32 Å². The predicted molar refractivity (Wildman–Crippen MR) is 83.7 cm³/mol. The van der Waals surface area contributed by atoms with Crippen molar-refractivity contribution in [1.29, 1.82) is 0 Å². The Balaban J connectivity index is 2.04. The Labute approximate surface area is 126 Å². The highest BCUT2D eigenvalue weighted by Crippen LogP contribution is 2.26. The van der Waals surface area contributed by atoms with Crippen LogP contribution in [0.2, 0.25) is 0 Å². The standard InChI is InChI=1S/C16H24N2O3/c1-11-12(9-10-20-11)17-13-7-5-6-8-14(13)18-15(19)21-16(2,3)4/h5-8,11-12,17H,9-10H2,1-4H3,(H,18,19). The Morgan fingerprint density at radius 1 is 1.29 bits per heavy atom. The molecule has 116 valence electrons. The molecular formula is C16H24N2O3. The summed E-state index contributed by atoms with van der Waals surface area (Å²) in [7, 11) is 0. The summed E-state index contributed by atoms with van der Waals surface area (Å²) in [5.41, 5.74) is 1.08. The highest BCUT2D eigenvalue weighted by molar-refractivity contribution is 5.89. The topological polar surface area (TPSA) is 59.6 Å². The Kier molecular flexibility index (Phi) is 4.73. The Bertz CT molecular complexity index is 497. The van der Waals surface area contributed by atoms with Gasteiger partial charge in [-0.05, 0) is 46.2 Å². The van der Waals surface area contributed by atoms with E-state index in [4.69, 9.17) is 9.47 Å². The minimum atomic E-state index is -0.514. The molecule has 0 bridgehead atoms. The molecule has 1 aromatic rings. The van der Waals surface area contributed by atoms with E-state index in [1.165, 1.54) is 0 Å². The van der Waals surface area contributed by atoms with Gasteiger partial charge in [0.15, 0.2) is 0 Å². The van der Waals surface area contributed by atoms with Crippen LogP contribution >= 0.6 is 0 Å². The number of benzene rings is 1. The largest absolute Gasteiger partial charge is 0.444 e. The van der Waals surface area contributed by atoms with Crippen molar-refractivity contribution in [3.8, 4) is 0 Å². The summed E-state index contributed by atoms with van der Waals surface area (Å²) in [6, 6.07) is 7.87. The molecule has 1 amide bonds. The molecule has 0 spiro atoms. The SMILES string of the molecule is CC1OCCC1Nc1ccccc1NC(=O)OC(C)(C)C. The van der Waals surface area contributed by atoms with Crippen LogP contribution in [-0.4, -0.2) is 30.4 Å². The summed E-state index contributed by atoms with van der Waals surface area (Å²) < 4.78 is 10.8. The minimum absolute atomic E-state index is 0.166. The van der Waals surface area contributed by atoms with E-state index in [-0.39, 0.29) is 12.1 Å². The highest BCUT2D eigenvalue weighted by atomic mass is 16.6. The van der Waals surface area contributed by atoms with Gasteiger partial charge in [0, 0.05) is 6.61 Å². The third-order valence-corrected chi connectivity index (χ3v) is 3.28. The quantitative estimate of drug-likeness (QED) is 0.893. The summed E-state index contributed by atoms with van der Waals surface area (Å²) in [6.07, 6.45) is 0.675. The number of carbonyl (C=O) groups is 1. The molecule has 0 aliphatic carbocycles. The number of ether oxygens (including phenoxy) is 2. The molecule has 0 radical (unpaired) electrons. The fourth-order valence-electron chi connectivity index (χ4n) is 2.25. The number of nitrogens with one attached hydrogen (secondary N) is 2. The van der Waals surface area contributed by atoms with Crippen molar-refractivity contribution < 1.29 is 14.3 Å². The molecule has 1 heterocycles. The maximum Gasteiger partial charge on any atom is 0.412 e. The van der Waals surface area contributed by atoms with E-state index in [1.807, 2.05) is 45.0 Å². The summed E-state index contributed by atoms with van der Waals surface area (Å²) >= 11 is 0. The molecule has 2 rings (SSSR count). The highest BCUT2D eigenvalue weighted by Gasteiger charge is 2.25. The summed E-state index contributed by atoms with van der Waals surface area (Å²) in [5.74, 6) is 0. The number of hydrogen-bond acceptors (Lipinski definition) is 4. The fourth-order valence-corrected chi connectivity index (χ4v) is 2.25. The average Bonchev–Trinajstić information content (AvgIpc) is 2.75. The normalized spacial score (nSPS) is 21.9. The van der Waals surface area contributed by atoms with Crippen molar-refractivity contribution in [3.63, 3.8) is 0 Å². The average molecular weight is 292 g/mol. The first-order valence-electron chi connectivity index (χ1n) is 7.32. The molecule has 1 aliphatic rings. The smallest absolute Gasteiger partial charge is 0.412 e. The minimum Gasteiger partial charge on any atom is -0.444 e. The number of para-hydroxylation sites is 2. The lowest BCUT2D eigenvalue weighted by atomic mass is 10.1. The van der Waals surface area contributed by atoms with Crippen LogP contribution in [0.4, 0.5) is 16.2 Å². The molecule has 1 saturated heterocycles. The van der Waals surface area contributed by atoms with E-state index < -0.39 is 11.7 Å². The van der Waals surface area contributed by atoms with Crippen LogP contribution in [-0.2, 0) is 9.47 Å². The third-order valence-electron chi connectivity index (χ3n) is 3.28. The Morgan fingerprint density at radius 3 is 2.52 bits per heavy atom. The van der Waals surface area contributed by atoms with E-state index >= 15 is 0 Å². The first-order chi connectivity index (χ1) is 9.85. The monoisotopic (exact) mass is 292 g/mol. The fraction of sp³-hybridized carbons (Fsp3) is 0.562. The van der Waals surface area contributed by atoms with Crippen LogP contribution in [0.3, 0.4) is 0 Å². The first kappa shape index (κ1) is 15.6. The van der Waals surface area contributed by atoms with Gasteiger partial charge in [0.05, 0.1) is 23.5 Å². The molecule has 5 heteroatoms. The van der Waals surface area contributed by atoms with E-state index in [2.05, 4.69) is 17.6 Å². The van der Waals surface area contributed by atoms with Crippen molar-refractivity contribution in [2.75, 3.05) is 17.2 Å². The number of amides is 1. The maximum absolute atomic E-state index is 11.9. The second-order valence-electron chi connectivity index (χ2n) is 6.29. The zero-order valence-electron chi connectivity index (χ0n) is 13.1. The summed E-state index contributed by atoms with van der Waals surface area (Å²) in [4.78, 5) is 11.9. The van der Waals surface area contributed by atoms with E-state index in [1.54, 1.807) is 0 Å². The van der Waals surface area contributed by atoms with Gasteiger partial charge in [-0.25, -0.2) is 4.79 Å². The number of hydrogen-bond donors (Lipinski definition) is 2. The van der Waals surface area contributed by atoms with Crippen molar-refractivity contribution in [2.24, 2.45) is 0 Å². The number of anilines is 2. The Hall–Kier alpha value is -1.75. The molecule has 2 N–H and O–H groups in total. The van der Waals surface area contributed by atoms with Crippen LogP contribution in [0, 0.1) is 0 Å². The molecule has 1 aliphatic heterocycles. The maximum atomic E-state index is 11.9. The van der Waals surface area contributed by atoms with Gasteiger partial charge in [-0.2, -0.15) is 0 Å². The third kappa shape index (κ3) is 4.63. The second-order valence-corrected chi connectivity index (χ2v) is 6.29. The van der Waals surface area contributed by atoms with Crippen molar-refractivity contribution in [2.45, 2.75) is 51.9 Å². The zero-order valence-corrected chi connectivity index (χ0v) is 13.1. The van der Waals surface area contributed by atoms with E-state index in [9.17, 15) is 4.79 Å². The molecule has 5 nitrogen and oxygen atoms in total. The van der Waals surface area contributed by atoms with E-state index in [0.29, 0.717) is 5.69 Å². The number of rotatable bonds is 3. The van der Waals surface area contributed by atoms with Crippen LogP contribution in [0.1, 0.15) is 34.1 Å². The molecule has 2 atom stereocenters. The first-order valence-corrected chi connectivity index (χ1v) is 7.32. The molecule has 21 heavy (non-hydrogen) atoms. The second kappa shape index (κ2) is 6.35. The number of carbonyl (C=O) groups excluding carboxylic acids is 1. The van der Waals surface area contributed by atoms with Crippen LogP contribution in [0.5, 0.6) is 0 Å². The van der Waals surface area contributed by atoms with Crippen LogP contribution in [0.15, 0.2) is 24.3 Å². The van der Waals surface area contributed by atoms with Crippen LogP contribution in [0.25, 0.3) is 0 Å². The molecule has 1 fully saturated rings. The van der Waals surface area contributed by atoms with Gasteiger partial charge in [0.25, 0.3) is 0 Å². The van der Waals surface area contributed by atoms with Gasteiger partial charge >= 0.3 is 6.09 Å². The van der Waals surface area contributed by atoms with Gasteiger partial charge in [0.1, 0.15) is 5.60 Å². The molecular weight excluding hydrogens is 268 g/mol. The van der Waals surface area contributed by atoms with Crippen molar-refractivity contribution in [1.82, 2.24) is 0 Å². The van der Waals surface area contributed by atoms with Gasteiger partial charge in [-0.1, -0.05) is 12.1 Å². The molecule has 0 aromatic heterocycles. The lowest BCUT2D eigenvalue weighted by Gasteiger charge is -2.22. The molecule has 0 saturated carbocycles. The van der Waals surface area contributed by atoms with Crippen molar-refractivity contribution >= 4 is 17.5 Å². The zero-order chi connectivity index (χ0) is 15.5. The lowest BCUT2D eigenvalue weighted by Crippen LogP contribution is -2.29. The van der Waals surface area contributed by atoms with Gasteiger partial charge in [-0.15, -0.1) is 0 Å². The van der Waals surface area contributed by atoms with Gasteiger partial charge < -0.3 is 14.8 Å². The predicted octanol–water partition coefficient (Wildman–Crippen LogP) is 3.62. The van der Waals surface area contributed by atoms with Crippen LogP contribution < -0.4 is 10.6 Å². The Morgan fingerprint density at radius 2 is 1.95 bits per heavy atom. The van der Waals surface area contributed by atoms with Crippen molar-refractivity contribution in [3.05, 3.63) is 24.3 Å². The summed E-state index contributed by atoms with van der Waals surface area (Å²) in [5, 5.41) is 6.22. The summed E-state index contributed by atoms with van der Waals surface area (Å²) in [6.45, 7) is 8.34. The molecule has 2 unspecified atom stereocenters. The van der Waals surface area contributed by atoms with Gasteiger partial charge in [0.2, 0.25) is 0 Å². The molecule has 1 aromatic carbocycles. The van der Waals surface area contributed by atoms with E-state index in [0.717, 1.165) is 18.7 Å². The lowest BCUT2D eigenvalue weighted by molar-refractivity contribution is 0.0636.